The van der Waals surface area contributed by atoms with E-state index in [2.05, 4.69) is 40.1 Å². The second kappa shape index (κ2) is 8.63. The molecular formula is C22H28N3OS+. The SMILES string of the molecule is Cc1cc(C)c2nc(N(CCC[NH+](C)C)C(=O)Cc3ccccc3)sc2c1. The van der Waals surface area contributed by atoms with Crippen LogP contribution >= 0.6 is 11.3 Å². The molecule has 3 aromatic rings. The number of anilines is 1. The van der Waals surface area contributed by atoms with Crippen LogP contribution in [0.2, 0.25) is 0 Å². The first kappa shape index (κ1) is 19.5. The van der Waals surface area contributed by atoms with Gasteiger partial charge in [0.2, 0.25) is 5.91 Å². The molecule has 0 aliphatic heterocycles. The summed E-state index contributed by atoms with van der Waals surface area (Å²) in [5.74, 6) is 0.114. The Labute approximate surface area is 165 Å². The summed E-state index contributed by atoms with van der Waals surface area (Å²) in [6.45, 7) is 5.92. The molecule has 3 rings (SSSR count). The Bertz CT molecular complexity index is 918. The maximum Gasteiger partial charge on any atom is 0.233 e. The van der Waals surface area contributed by atoms with E-state index in [9.17, 15) is 4.79 Å². The fraction of sp³-hybridized carbons (Fsp3) is 0.364. The van der Waals surface area contributed by atoms with E-state index in [-0.39, 0.29) is 5.91 Å². The summed E-state index contributed by atoms with van der Waals surface area (Å²) in [4.78, 5) is 21.2. The molecule has 2 aromatic carbocycles. The lowest BCUT2D eigenvalue weighted by Crippen LogP contribution is -3.05. The highest BCUT2D eigenvalue weighted by atomic mass is 32.1. The Morgan fingerprint density at radius 1 is 1.15 bits per heavy atom. The van der Waals surface area contributed by atoms with Gasteiger partial charge in [-0.15, -0.1) is 0 Å². The van der Waals surface area contributed by atoms with E-state index in [4.69, 9.17) is 4.98 Å². The van der Waals surface area contributed by atoms with Crippen LogP contribution in [0.25, 0.3) is 10.2 Å². The first-order valence-corrected chi connectivity index (χ1v) is 10.3. The molecule has 0 saturated carbocycles. The third-order valence-corrected chi connectivity index (χ3v) is 5.63. The Morgan fingerprint density at radius 2 is 1.89 bits per heavy atom. The number of quaternary nitrogens is 1. The van der Waals surface area contributed by atoms with Gasteiger partial charge in [0, 0.05) is 13.0 Å². The fourth-order valence-electron chi connectivity index (χ4n) is 3.26. The molecule has 1 amide bonds. The van der Waals surface area contributed by atoms with Crippen LogP contribution in [0.3, 0.4) is 0 Å². The topological polar surface area (TPSA) is 37.6 Å². The number of nitrogens with zero attached hydrogens (tertiary/aromatic N) is 2. The summed E-state index contributed by atoms with van der Waals surface area (Å²) in [5.41, 5.74) is 4.45. The molecule has 0 atom stereocenters. The molecule has 1 heterocycles. The Kier molecular flexibility index (Phi) is 6.24. The molecule has 0 aliphatic carbocycles. The molecule has 0 unspecified atom stereocenters. The van der Waals surface area contributed by atoms with Crippen molar-refractivity contribution in [2.75, 3.05) is 32.1 Å². The van der Waals surface area contributed by atoms with Gasteiger partial charge in [0.15, 0.2) is 5.13 Å². The van der Waals surface area contributed by atoms with Crippen molar-refractivity contribution in [3.8, 4) is 0 Å². The van der Waals surface area contributed by atoms with Crippen LogP contribution in [0, 0.1) is 13.8 Å². The summed E-state index contributed by atoms with van der Waals surface area (Å²) in [7, 11) is 4.28. The number of amides is 1. The van der Waals surface area contributed by atoms with E-state index in [1.165, 1.54) is 16.0 Å². The van der Waals surface area contributed by atoms with E-state index in [0.29, 0.717) is 13.0 Å². The Hall–Kier alpha value is -2.24. The smallest absolute Gasteiger partial charge is 0.233 e. The lowest BCUT2D eigenvalue weighted by molar-refractivity contribution is -0.858. The molecule has 0 bridgehead atoms. The molecule has 142 valence electrons. The number of aryl methyl sites for hydroxylation is 2. The number of thiazole rings is 1. The van der Waals surface area contributed by atoms with Crippen molar-refractivity contribution >= 4 is 32.6 Å². The average molecular weight is 383 g/mol. The monoisotopic (exact) mass is 382 g/mol. The van der Waals surface area contributed by atoms with Crippen LogP contribution in [0.5, 0.6) is 0 Å². The predicted octanol–water partition coefficient (Wildman–Crippen LogP) is 3.02. The zero-order chi connectivity index (χ0) is 19.4. The summed E-state index contributed by atoms with van der Waals surface area (Å²) in [6, 6.07) is 14.3. The third kappa shape index (κ3) is 4.93. The molecule has 1 N–H and O–H groups in total. The van der Waals surface area contributed by atoms with Crippen molar-refractivity contribution in [3.05, 3.63) is 59.2 Å². The first-order chi connectivity index (χ1) is 12.9. The number of hydrogen-bond acceptors (Lipinski definition) is 3. The van der Waals surface area contributed by atoms with Crippen LogP contribution in [0.15, 0.2) is 42.5 Å². The molecule has 0 aliphatic rings. The maximum atomic E-state index is 13.1. The largest absolute Gasteiger partial charge is 0.340 e. The predicted molar refractivity (Wildman–Crippen MR) is 114 cm³/mol. The number of aromatic nitrogens is 1. The zero-order valence-electron chi connectivity index (χ0n) is 16.6. The number of nitrogens with one attached hydrogen (secondary N) is 1. The van der Waals surface area contributed by atoms with Crippen LogP contribution in [-0.2, 0) is 11.2 Å². The lowest BCUT2D eigenvalue weighted by Gasteiger charge is -2.20. The molecule has 0 fully saturated rings. The summed E-state index contributed by atoms with van der Waals surface area (Å²) < 4.78 is 1.15. The first-order valence-electron chi connectivity index (χ1n) is 9.45. The second-order valence-electron chi connectivity index (χ2n) is 7.44. The van der Waals surface area contributed by atoms with Crippen molar-refractivity contribution in [3.63, 3.8) is 0 Å². The van der Waals surface area contributed by atoms with Gasteiger partial charge in [0.25, 0.3) is 0 Å². The molecule has 27 heavy (non-hydrogen) atoms. The van der Waals surface area contributed by atoms with Gasteiger partial charge in [-0.25, -0.2) is 4.98 Å². The van der Waals surface area contributed by atoms with Crippen molar-refractivity contribution in [2.24, 2.45) is 0 Å². The van der Waals surface area contributed by atoms with Gasteiger partial charge >= 0.3 is 0 Å². The second-order valence-corrected chi connectivity index (χ2v) is 8.45. The van der Waals surface area contributed by atoms with E-state index >= 15 is 0 Å². The van der Waals surface area contributed by atoms with Crippen LogP contribution in [0.1, 0.15) is 23.1 Å². The standard InChI is InChI=1S/C22H27N3OS/c1-16-13-17(2)21-19(14-16)27-22(23-21)25(12-8-11-24(3)4)20(26)15-18-9-6-5-7-10-18/h5-7,9-10,13-14H,8,11-12,15H2,1-4H3/p+1. The number of rotatable bonds is 7. The van der Waals surface area contributed by atoms with Gasteiger partial charge in [-0.1, -0.05) is 47.7 Å². The summed E-state index contributed by atoms with van der Waals surface area (Å²) in [5, 5.41) is 0.813. The number of hydrogen-bond donors (Lipinski definition) is 1. The van der Waals surface area contributed by atoms with Crippen LogP contribution < -0.4 is 9.80 Å². The van der Waals surface area contributed by atoms with Gasteiger partial charge in [0.05, 0.1) is 37.3 Å². The number of fused-ring (bicyclic) bond motifs is 1. The van der Waals surface area contributed by atoms with Gasteiger partial charge in [-0.2, -0.15) is 0 Å². The van der Waals surface area contributed by atoms with E-state index in [0.717, 1.165) is 33.9 Å². The molecule has 5 heteroatoms. The molecule has 4 nitrogen and oxygen atoms in total. The normalized spacial score (nSPS) is 11.3. The van der Waals surface area contributed by atoms with E-state index in [1.54, 1.807) is 11.3 Å². The third-order valence-electron chi connectivity index (χ3n) is 4.61. The summed E-state index contributed by atoms with van der Waals surface area (Å²) >= 11 is 1.62. The minimum absolute atomic E-state index is 0.114. The van der Waals surface area contributed by atoms with E-state index in [1.807, 2.05) is 35.2 Å². The molecule has 0 spiro atoms. The maximum absolute atomic E-state index is 13.1. The summed E-state index contributed by atoms with van der Waals surface area (Å²) in [6.07, 6.45) is 1.36. The number of benzene rings is 2. The van der Waals surface area contributed by atoms with Gasteiger partial charge in [0.1, 0.15) is 0 Å². The number of carbonyl (C=O) groups is 1. The van der Waals surface area contributed by atoms with Gasteiger partial charge < -0.3 is 4.90 Å². The Balaban J connectivity index is 1.89. The van der Waals surface area contributed by atoms with Crippen LogP contribution in [-0.4, -0.2) is 38.1 Å². The molecule has 1 aromatic heterocycles. The zero-order valence-corrected chi connectivity index (χ0v) is 17.4. The molecule has 0 saturated heterocycles. The molecular weight excluding hydrogens is 354 g/mol. The minimum atomic E-state index is 0.114. The van der Waals surface area contributed by atoms with Crippen LogP contribution in [0.4, 0.5) is 5.13 Å². The minimum Gasteiger partial charge on any atom is -0.340 e. The molecule has 0 radical (unpaired) electrons. The van der Waals surface area contributed by atoms with Gasteiger partial charge in [-0.05, 0) is 36.6 Å². The van der Waals surface area contributed by atoms with Crippen molar-refractivity contribution in [1.82, 2.24) is 4.98 Å². The quantitative estimate of drug-likeness (QED) is 0.682. The highest BCUT2D eigenvalue weighted by Crippen LogP contribution is 2.32. The highest BCUT2D eigenvalue weighted by Gasteiger charge is 2.21. The lowest BCUT2D eigenvalue weighted by atomic mass is 10.1. The van der Waals surface area contributed by atoms with E-state index < -0.39 is 0 Å². The van der Waals surface area contributed by atoms with Crippen molar-refractivity contribution in [2.45, 2.75) is 26.7 Å². The fourth-order valence-corrected chi connectivity index (χ4v) is 4.44. The number of carbonyl (C=O) groups excluding carboxylic acids is 1. The Morgan fingerprint density at radius 3 is 2.59 bits per heavy atom. The van der Waals surface area contributed by atoms with Crippen molar-refractivity contribution < 1.29 is 9.69 Å². The van der Waals surface area contributed by atoms with Gasteiger partial charge in [-0.3, -0.25) is 9.69 Å². The van der Waals surface area contributed by atoms with Crippen molar-refractivity contribution in [1.29, 1.82) is 0 Å². The highest BCUT2D eigenvalue weighted by molar-refractivity contribution is 7.22. The average Bonchev–Trinajstić information content (AvgIpc) is 3.03.